The van der Waals surface area contributed by atoms with E-state index in [0.29, 0.717) is 31.5 Å². The topological polar surface area (TPSA) is 93.3 Å². The Morgan fingerprint density at radius 3 is 2.68 bits per heavy atom. The number of primary amides is 1. The summed E-state index contributed by atoms with van der Waals surface area (Å²) in [5.41, 5.74) is 5.08. The number of carbonyl (C=O) groups excluding carboxylic acids is 2. The number of hydrogen-bond donors (Lipinski definition) is 2. The normalized spacial score (nSPS) is 21.1. The van der Waals surface area contributed by atoms with E-state index < -0.39 is 29.7 Å². The SMILES string of the molecule is NC(=O)[C@H]1CNCCN1C(=O)Cn1nc(C(F)(F)F)c2c1CCCC2. The van der Waals surface area contributed by atoms with Crippen molar-refractivity contribution < 1.29 is 22.8 Å². The monoisotopic (exact) mass is 359 g/mol. The molecule has 0 radical (unpaired) electrons. The number of aromatic nitrogens is 2. The molecule has 7 nitrogen and oxygen atoms in total. The molecule has 1 atom stereocenters. The molecule has 25 heavy (non-hydrogen) atoms. The summed E-state index contributed by atoms with van der Waals surface area (Å²) in [4.78, 5) is 25.4. The van der Waals surface area contributed by atoms with Gasteiger partial charge in [0.15, 0.2) is 5.69 Å². The number of fused-ring (bicyclic) bond motifs is 1. The van der Waals surface area contributed by atoms with Crippen molar-refractivity contribution in [3.8, 4) is 0 Å². The van der Waals surface area contributed by atoms with E-state index in [-0.39, 0.29) is 25.2 Å². The molecule has 2 aliphatic rings. The Balaban J connectivity index is 1.86. The molecule has 1 aliphatic carbocycles. The summed E-state index contributed by atoms with van der Waals surface area (Å²) < 4.78 is 40.8. The molecule has 1 aromatic heterocycles. The number of hydrogen-bond acceptors (Lipinski definition) is 4. The molecule has 1 aromatic rings. The molecule has 3 rings (SSSR count). The second-order valence-electron chi connectivity index (χ2n) is 6.35. The fourth-order valence-electron chi connectivity index (χ4n) is 3.51. The largest absolute Gasteiger partial charge is 0.435 e. The zero-order valence-corrected chi connectivity index (χ0v) is 13.6. The van der Waals surface area contributed by atoms with Crippen LogP contribution in [0.5, 0.6) is 0 Å². The maximum atomic E-state index is 13.2. The first kappa shape index (κ1) is 17.7. The zero-order chi connectivity index (χ0) is 18.2. The molecule has 1 fully saturated rings. The van der Waals surface area contributed by atoms with Gasteiger partial charge >= 0.3 is 6.18 Å². The van der Waals surface area contributed by atoms with Crippen LogP contribution >= 0.6 is 0 Å². The summed E-state index contributed by atoms with van der Waals surface area (Å²) >= 11 is 0. The highest BCUT2D eigenvalue weighted by Gasteiger charge is 2.40. The molecule has 3 N–H and O–H groups in total. The molecule has 0 saturated carbocycles. The summed E-state index contributed by atoms with van der Waals surface area (Å²) in [5.74, 6) is -1.09. The van der Waals surface area contributed by atoms with E-state index >= 15 is 0 Å². The molecule has 0 spiro atoms. The van der Waals surface area contributed by atoms with E-state index in [1.807, 2.05) is 0 Å². The first-order valence-electron chi connectivity index (χ1n) is 8.24. The number of alkyl halides is 3. The fraction of sp³-hybridized carbons (Fsp3) is 0.667. The average molecular weight is 359 g/mol. The van der Waals surface area contributed by atoms with Crippen LogP contribution in [-0.2, 0) is 35.2 Å². The second kappa shape index (κ2) is 6.66. The highest BCUT2D eigenvalue weighted by molar-refractivity contribution is 5.87. The highest BCUT2D eigenvalue weighted by Crippen LogP contribution is 2.35. The van der Waals surface area contributed by atoms with Crippen LogP contribution in [0, 0.1) is 0 Å². The number of nitrogens with zero attached hydrogens (tertiary/aromatic N) is 3. The number of rotatable bonds is 3. The van der Waals surface area contributed by atoms with E-state index in [4.69, 9.17) is 5.73 Å². The summed E-state index contributed by atoms with van der Waals surface area (Å²) in [6.07, 6.45) is -2.32. The van der Waals surface area contributed by atoms with Crippen LogP contribution < -0.4 is 11.1 Å². The average Bonchev–Trinajstić information content (AvgIpc) is 2.94. The number of nitrogens with one attached hydrogen (secondary N) is 1. The Kier molecular flexibility index (Phi) is 4.72. The van der Waals surface area contributed by atoms with Crippen LogP contribution in [0.2, 0.25) is 0 Å². The third-order valence-electron chi connectivity index (χ3n) is 4.70. The lowest BCUT2D eigenvalue weighted by atomic mass is 9.95. The third kappa shape index (κ3) is 3.48. The minimum Gasteiger partial charge on any atom is -0.368 e. The van der Waals surface area contributed by atoms with Crippen molar-refractivity contribution >= 4 is 11.8 Å². The number of halogens is 3. The van der Waals surface area contributed by atoms with Gasteiger partial charge in [0.05, 0.1) is 0 Å². The molecule has 1 aliphatic heterocycles. The Bertz CT molecular complexity index is 685. The van der Waals surface area contributed by atoms with E-state index in [9.17, 15) is 22.8 Å². The van der Waals surface area contributed by atoms with Crippen LogP contribution in [0.4, 0.5) is 13.2 Å². The van der Waals surface area contributed by atoms with Gasteiger partial charge in [-0.05, 0) is 25.7 Å². The van der Waals surface area contributed by atoms with Crippen molar-refractivity contribution in [2.24, 2.45) is 5.73 Å². The van der Waals surface area contributed by atoms with Crippen molar-refractivity contribution in [1.29, 1.82) is 0 Å². The van der Waals surface area contributed by atoms with Crippen molar-refractivity contribution in [2.75, 3.05) is 19.6 Å². The van der Waals surface area contributed by atoms with Crippen LogP contribution in [0.15, 0.2) is 0 Å². The summed E-state index contributed by atoms with van der Waals surface area (Å²) in [7, 11) is 0. The molecule has 10 heteroatoms. The van der Waals surface area contributed by atoms with Crippen molar-refractivity contribution in [1.82, 2.24) is 20.0 Å². The quantitative estimate of drug-likeness (QED) is 0.799. The van der Waals surface area contributed by atoms with Crippen LogP contribution in [0.3, 0.4) is 0 Å². The number of piperazine rings is 1. The summed E-state index contributed by atoms with van der Waals surface area (Å²) in [6.45, 7) is 0.705. The minimum absolute atomic E-state index is 0.193. The lowest BCUT2D eigenvalue weighted by Gasteiger charge is -2.34. The highest BCUT2D eigenvalue weighted by atomic mass is 19.4. The predicted molar refractivity (Wildman–Crippen MR) is 81.4 cm³/mol. The molecule has 0 bridgehead atoms. The van der Waals surface area contributed by atoms with Crippen molar-refractivity contribution in [3.63, 3.8) is 0 Å². The predicted octanol–water partition coefficient (Wildman–Crippen LogP) is 0.0664. The Morgan fingerprint density at radius 2 is 2.00 bits per heavy atom. The van der Waals surface area contributed by atoms with Gasteiger partial charge in [-0.1, -0.05) is 0 Å². The van der Waals surface area contributed by atoms with Crippen molar-refractivity contribution in [3.05, 3.63) is 17.0 Å². The smallest absolute Gasteiger partial charge is 0.368 e. The maximum absolute atomic E-state index is 13.2. The van der Waals surface area contributed by atoms with Gasteiger partial charge in [-0.2, -0.15) is 18.3 Å². The van der Waals surface area contributed by atoms with Crippen molar-refractivity contribution in [2.45, 2.75) is 44.4 Å². The summed E-state index contributed by atoms with van der Waals surface area (Å²) in [5, 5.41) is 6.65. The molecule has 138 valence electrons. The lowest BCUT2D eigenvalue weighted by molar-refractivity contribution is -0.143. The van der Waals surface area contributed by atoms with E-state index in [2.05, 4.69) is 10.4 Å². The number of amides is 2. The van der Waals surface area contributed by atoms with E-state index in [0.717, 1.165) is 11.1 Å². The number of nitrogens with two attached hydrogens (primary N) is 1. The molecule has 2 amide bonds. The lowest BCUT2D eigenvalue weighted by Crippen LogP contribution is -2.59. The zero-order valence-electron chi connectivity index (χ0n) is 13.6. The third-order valence-corrected chi connectivity index (χ3v) is 4.70. The number of carbonyl (C=O) groups is 2. The van der Waals surface area contributed by atoms with Gasteiger partial charge in [0.2, 0.25) is 11.8 Å². The van der Waals surface area contributed by atoms with Crippen LogP contribution in [0.25, 0.3) is 0 Å². The van der Waals surface area contributed by atoms with Gasteiger partial charge in [0.1, 0.15) is 12.6 Å². The first-order valence-corrected chi connectivity index (χ1v) is 8.24. The van der Waals surface area contributed by atoms with E-state index in [1.165, 1.54) is 4.90 Å². The maximum Gasteiger partial charge on any atom is 0.435 e. The van der Waals surface area contributed by atoms with Gasteiger partial charge in [-0.3, -0.25) is 14.3 Å². The fourth-order valence-corrected chi connectivity index (χ4v) is 3.51. The Labute approximate surface area is 142 Å². The Hall–Kier alpha value is -2.10. The van der Waals surface area contributed by atoms with E-state index in [1.54, 1.807) is 0 Å². The second-order valence-corrected chi connectivity index (χ2v) is 6.35. The van der Waals surface area contributed by atoms with Gasteiger partial charge in [-0.25, -0.2) is 0 Å². The minimum atomic E-state index is -4.54. The van der Waals surface area contributed by atoms with Crippen LogP contribution in [0.1, 0.15) is 29.8 Å². The standard InChI is InChI=1S/C15H20F3N5O2/c16-15(17,18)13-9-3-1-2-4-10(9)23(21-13)8-12(24)22-6-5-20-7-11(22)14(19)25/h11,20H,1-8H2,(H2,19,25)/t11-/m1/s1. The first-order chi connectivity index (χ1) is 11.8. The van der Waals surface area contributed by atoms with Gasteiger partial charge < -0.3 is 16.0 Å². The Morgan fingerprint density at radius 1 is 1.28 bits per heavy atom. The van der Waals surface area contributed by atoms with Gasteiger partial charge in [0, 0.05) is 30.9 Å². The van der Waals surface area contributed by atoms with Gasteiger partial charge in [0.25, 0.3) is 0 Å². The molecular weight excluding hydrogens is 339 g/mol. The molecular formula is C15H20F3N5O2. The van der Waals surface area contributed by atoms with Crippen LogP contribution in [-0.4, -0.2) is 52.2 Å². The van der Waals surface area contributed by atoms with Gasteiger partial charge in [-0.15, -0.1) is 0 Å². The molecule has 0 aromatic carbocycles. The molecule has 2 heterocycles. The molecule has 1 saturated heterocycles. The molecule has 0 unspecified atom stereocenters. The summed E-state index contributed by atoms with van der Waals surface area (Å²) in [6, 6.07) is -0.797.